The Hall–Kier alpha value is -0.300. The van der Waals surface area contributed by atoms with Crippen LogP contribution in [-0.4, -0.2) is 73.5 Å². The van der Waals surface area contributed by atoms with Crippen molar-refractivity contribution in [3.63, 3.8) is 0 Å². The number of nitrogens with zero attached hydrogens (tertiary/aromatic N) is 1. The zero-order chi connectivity index (χ0) is 15.7. The van der Waals surface area contributed by atoms with Crippen molar-refractivity contribution in [3.8, 4) is 0 Å². The number of hydrogen-bond acceptors (Lipinski definition) is 5. The van der Waals surface area contributed by atoms with E-state index in [1.807, 2.05) is 16.7 Å². The van der Waals surface area contributed by atoms with Gasteiger partial charge in [0.25, 0.3) is 0 Å². The topological polar surface area (TPSA) is 48.0 Å². The molecule has 5 nitrogen and oxygen atoms in total. The highest BCUT2D eigenvalue weighted by atomic mass is 32.2. The Bertz CT molecular complexity index is 428. The summed E-state index contributed by atoms with van der Waals surface area (Å²) in [5.74, 6) is 2.17. The predicted octanol–water partition coefficient (Wildman–Crippen LogP) is 1.55. The van der Waals surface area contributed by atoms with Crippen LogP contribution in [0.1, 0.15) is 25.7 Å². The highest BCUT2D eigenvalue weighted by molar-refractivity contribution is 8.01. The van der Waals surface area contributed by atoms with E-state index in [-0.39, 0.29) is 10.7 Å². The Kier molecular flexibility index (Phi) is 4.86. The number of amides is 1. The Morgan fingerprint density at radius 1 is 1.17 bits per heavy atom. The van der Waals surface area contributed by atoms with E-state index in [4.69, 9.17) is 14.2 Å². The van der Waals surface area contributed by atoms with Crippen LogP contribution >= 0.6 is 11.8 Å². The maximum atomic E-state index is 12.4. The summed E-state index contributed by atoms with van der Waals surface area (Å²) in [5.41, 5.74) is 0. The van der Waals surface area contributed by atoms with Crippen LogP contribution in [0, 0.1) is 11.8 Å². The second-order valence-electron chi connectivity index (χ2n) is 7.46. The SMILES string of the molecule is O=C(C1CCOC1)N1CC2(CC(OCC3CCOCC3)CS2)C1. The van der Waals surface area contributed by atoms with Gasteiger partial charge in [0.2, 0.25) is 5.91 Å². The summed E-state index contributed by atoms with van der Waals surface area (Å²) in [6, 6.07) is 0. The maximum absolute atomic E-state index is 12.4. The molecule has 1 amide bonds. The van der Waals surface area contributed by atoms with E-state index in [2.05, 4.69) is 0 Å². The van der Waals surface area contributed by atoms with Crippen LogP contribution in [0.3, 0.4) is 0 Å². The van der Waals surface area contributed by atoms with E-state index in [0.29, 0.717) is 24.5 Å². The Morgan fingerprint density at radius 2 is 1.96 bits per heavy atom. The van der Waals surface area contributed by atoms with Crippen molar-refractivity contribution >= 4 is 17.7 Å². The molecule has 4 aliphatic heterocycles. The van der Waals surface area contributed by atoms with Crippen molar-refractivity contribution in [3.05, 3.63) is 0 Å². The molecule has 1 spiro atoms. The van der Waals surface area contributed by atoms with Gasteiger partial charge in [-0.3, -0.25) is 4.79 Å². The average Bonchev–Trinajstić information content (AvgIpc) is 3.22. The van der Waals surface area contributed by atoms with Crippen LogP contribution < -0.4 is 0 Å². The van der Waals surface area contributed by atoms with Gasteiger partial charge in [0.15, 0.2) is 0 Å². The van der Waals surface area contributed by atoms with Gasteiger partial charge in [-0.2, -0.15) is 0 Å². The van der Waals surface area contributed by atoms with Gasteiger partial charge in [-0.05, 0) is 31.6 Å². The molecule has 4 heterocycles. The second kappa shape index (κ2) is 6.90. The van der Waals surface area contributed by atoms with E-state index in [1.165, 1.54) is 0 Å². The third-order valence-corrected chi connectivity index (χ3v) is 7.21. The summed E-state index contributed by atoms with van der Waals surface area (Å²) in [5, 5.41) is 0. The molecule has 4 aliphatic rings. The second-order valence-corrected chi connectivity index (χ2v) is 8.95. The molecule has 4 rings (SSSR count). The van der Waals surface area contributed by atoms with Gasteiger partial charge in [0, 0.05) is 45.3 Å². The third-order valence-electron chi connectivity index (χ3n) is 5.63. The molecule has 4 saturated heterocycles. The molecule has 23 heavy (non-hydrogen) atoms. The summed E-state index contributed by atoms with van der Waals surface area (Å²) in [7, 11) is 0. The molecule has 0 bridgehead atoms. The number of carbonyl (C=O) groups is 1. The van der Waals surface area contributed by atoms with Crippen molar-refractivity contribution in [2.45, 2.75) is 36.5 Å². The van der Waals surface area contributed by atoms with Crippen molar-refractivity contribution in [1.29, 1.82) is 0 Å². The smallest absolute Gasteiger partial charge is 0.228 e. The number of likely N-dealkylation sites (tertiary alicyclic amines) is 1. The summed E-state index contributed by atoms with van der Waals surface area (Å²) in [6.45, 7) is 5.83. The zero-order valence-corrected chi connectivity index (χ0v) is 14.5. The largest absolute Gasteiger partial charge is 0.381 e. The standard InChI is InChI=1S/C17H27NO4S/c19-16(14-3-6-21-9-14)18-11-17(12-18)7-15(10-23-17)22-8-13-1-4-20-5-2-13/h13-15H,1-12H2. The number of ether oxygens (including phenoxy) is 3. The first kappa shape index (κ1) is 16.2. The molecular formula is C17H27NO4S. The van der Waals surface area contributed by atoms with Crippen LogP contribution in [0.4, 0.5) is 0 Å². The van der Waals surface area contributed by atoms with Crippen molar-refractivity contribution in [2.75, 3.05) is 51.9 Å². The van der Waals surface area contributed by atoms with E-state index < -0.39 is 0 Å². The fourth-order valence-corrected chi connectivity index (χ4v) is 5.66. The van der Waals surface area contributed by atoms with Gasteiger partial charge in [-0.15, -0.1) is 11.8 Å². The monoisotopic (exact) mass is 341 g/mol. The van der Waals surface area contributed by atoms with E-state index >= 15 is 0 Å². The lowest BCUT2D eigenvalue weighted by Gasteiger charge is -2.48. The molecule has 4 fully saturated rings. The Morgan fingerprint density at radius 3 is 2.70 bits per heavy atom. The lowest BCUT2D eigenvalue weighted by atomic mass is 9.91. The first-order chi connectivity index (χ1) is 11.2. The fraction of sp³-hybridized carbons (Fsp3) is 0.941. The minimum Gasteiger partial charge on any atom is -0.381 e. The van der Waals surface area contributed by atoms with Gasteiger partial charge in [0.05, 0.1) is 23.4 Å². The number of thioether (sulfide) groups is 1. The van der Waals surface area contributed by atoms with Gasteiger partial charge in [-0.25, -0.2) is 0 Å². The lowest BCUT2D eigenvalue weighted by molar-refractivity contribution is -0.141. The van der Waals surface area contributed by atoms with Gasteiger partial charge in [0.1, 0.15) is 0 Å². The molecule has 0 aromatic heterocycles. The summed E-state index contributed by atoms with van der Waals surface area (Å²) < 4.78 is 17.2. The molecule has 0 N–H and O–H groups in total. The molecule has 2 unspecified atom stereocenters. The van der Waals surface area contributed by atoms with Gasteiger partial charge in [-0.1, -0.05) is 0 Å². The van der Waals surface area contributed by atoms with Gasteiger partial charge < -0.3 is 19.1 Å². The molecule has 2 atom stereocenters. The quantitative estimate of drug-likeness (QED) is 0.776. The molecule has 0 aromatic carbocycles. The summed E-state index contributed by atoms with van der Waals surface area (Å²) in [6.07, 6.45) is 4.64. The zero-order valence-electron chi connectivity index (χ0n) is 13.7. The first-order valence-corrected chi connectivity index (χ1v) is 9.92. The normalized spacial score (nSPS) is 34.0. The lowest BCUT2D eigenvalue weighted by Crippen LogP contribution is -2.62. The molecule has 0 saturated carbocycles. The van der Waals surface area contributed by atoms with E-state index in [9.17, 15) is 4.79 Å². The summed E-state index contributed by atoms with van der Waals surface area (Å²) in [4.78, 5) is 14.4. The number of hydrogen-bond donors (Lipinski definition) is 0. The number of carbonyl (C=O) groups excluding carboxylic acids is 1. The molecule has 0 aromatic rings. The maximum Gasteiger partial charge on any atom is 0.228 e. The van der Waals surface area contributed by atoms with E-state index in [1.54, 1.807) is 0 Å². The molecule has 130 valence electrons. The predicted molar refractivity (Wildman–Crippen MR) is 88.6 cm³/mol. The molecular weight excluding hydrogens is 314 g/mol. The van der Waals surface area contributed by atoms with Gasteiger partial charge >= 0.3 is 0 Å². The van der Waals surface area contributed by atoms with Crippen molar-refractivity contribution in [2.24, 2.45) is 11.8 Å². The third kappa shape index (κ3) is 3.55. The van der Waals surface area contributed by atoms with Crippen LogP contribution in [0.2, 0.25) is 0 Å². The van der Waals surface area contributed by atoms with Crippen LogP contribution in [0.5, 0.6) is 0 Å². The minimum atomic E-state index is 0.110. The first-order valence-electron chi connectivity index (χ1n) is 8.94. The fourth-order valence-electron chi connectivity index (χ4n) is 4.11. The average molecular weight is 341 g/mol. The van der Waals surface area contributed by atoms with Crippen LogP contribution in [0.25, 0.3) is 0 Å². The van der Waals surface area contributed by atoms with Crippen molar-refractivity contribution < 1.29 is 19.0 Å². The highest BCUT2D eigenvalue weighted by Crippen LogP contribution is 2.46. The highest BCUT2D eigenvalue weighted by Gasteiger charge is 2.51. The summed E-state index contributed by atoms with van der Waals surface area (Å²) >= 11 is 2.02. The number of rotatable bonds is 4. The minimum absolute atomic E-state index is 0.110. The van der Waals surface area contributed by atoms with E-state index in [0.717, 1.165) is 71.0 Å². The van der Waals surface area contributed by atoms with Crippen LogP contribution in [0.15, 0.2) is 0 Å². The van der Waals surface area contributed by atoms with Crippen LogP contribution in [-0.2, 0) is 19.0 Å². The van der Waals surface area contributed by atoms with Crippen molar-refractivity contribution in [1.82, 2.24) is 4.90 Å². The Balaban J connectivity index is 1.19. The Labute approximate surface area is 142 Å². The molecule has 0 radical (unpaired) electrons. The molecule has 6 heteroatoms. The molecule has 0 aliphatic carbocycles.